The van der Waals surface area contributed by atoms with Crippen LogP contribution in [-0.2, 0) is 4.74 Å². The summed E-state index contributed by atoms with van der Waals surface area (Å²) in [4.78, 5) is 0. The van der Waals surface area contributed by atoms with Gasteiger partial charge in [-0.05, 0) is 37.8 Å². The van der Waals surface area contributed by atoms with Crippen LogP contribution in [0.15, 0.2) is 24.3 Å². The molecule has 2 aliphatic rings. The first-order valence-corrected chi connectivity index (χ1v) is 7.84. The Kier molecular flexibility index (Phi) is 4.16. The maximum atomic E-state index is 6.15. The summed E-state index contributed by atoms with van der Waals surface area (Å²) in [6.07, 6.45) is 8.74. The smallest absolute Gasteiger partial charge is 0.120 e. The van der Waals surface area contributed by atoms with Gasteiger partial charge in [-0.1, -0.05) is 25.3 Å². The van der Waals surface area contributed by atoms with Gasteiger partial charge in [0.2, 0.25) is 0 Å². The lowest BCUT2D eigenvalue weighted by Gasteiger charge is -2.44. The fourth-order valence-electron chi connectivity index (χ4n) is 3.64. The van der Waals surface area contributed by atoms with Gasteiger partial charge in [-0.3, -0.25) is 0 Å². The summed E-state index contributed by atoms with van der Waals surface area (Å²) < 4.78 is 11.4. The summed E-state index contributed by atoms with van der Waals surface area (Å²) in [5, 5.41) is 3.67. The molecule has 2 fully saturated rings. The first kappa shape index (κ1) is 13.7. The minimum atomic E-state index is 0.160. The molecule has 1 unspecified atom stereocenters. The fourth-order valence-corrected chi connectivity index (χ4v) is 3.64. The Morgan fingerprint density at radius 2 is 2.10 bits per heavy atom. The van der Waals surface area contributed by atoms with Gasteiger partial charge < -0.3 is 14.8 Å². The Morgan fingerprint density at radius 1 is 1.25 bits per heavy atom. The van der Waals surface area contributed by atoms with Gasteiger partial charge in [-0.2, -0.15) is 0 Å². The summed E-state index contributed by atoms with van der Waals surface area (Å²) >= 11 is 0. The minimum absolute atomic E-state index is 0.160. The van der Waals surface area contributed by atoms with Crippen LogP contribution in [0.4, 0.5) is 5.69 Å². The topological polar surface area (TPSA) is 30.5 Å². The van der Waals surface area contributed by atoms with Gasteiger partial charge >= 0.3 is 0 Å². The molecule has 1 aromatic rings. The normalized spacial score (nSPS) is 25.4. The van der Waals surface area contributed by atoms with E-state index in [1.165, 1.54) is 32.1 Å². The van der Waals surface area contributed by atoms with Gasteiger partial charge in [0, 0.05) is 24.4 Å². The van der Waals surface area contributed by atoms with Gasteiger partial charge in [-0.15, -0.1) is 0 Å². The standard InChI is InChI=1S/C17H25NO2/c1-19-16-7-5-6-14(12-16)18-15-8-11-20-17(13-15)9-3-2-4-10-17/h5-7,12,15,18H,2-4,8-11,13H2,1H3. The number of hydrogen-bond acceptors (Lipinski definition) is 3. The van der Waals surface area contributed by atoms with Crippen molar-refractivity contribution < 1.29 is 9.47 Å². The van der Waals surface area contributed by atoms with E-state index in [4.69, 9.17) is 9.47 Å². The first-order valence-electron chi connectivity index (χ1n) is 7.84. The van der Waals surface area contributed by atoms with Crippen LogP contribution in [0.5, 0.6) is 5.75 Å². The van der Waals surface area contributed by atoms with Gasteiger partial charge in [0.1, 0.15) is 5.75 Å². The quantitative estimate of drug-likeness (QED) is 0.904. The van der Waals surface area contributed by atoms with E-state index in [9.17, 15) is 0 Å². The molecule has 0 amide bonds. The summed E-state index contributed by atoms with van der Waals surface area (Å²) in [7, 11) is 1.71. The molecule has 1 spiro atoms. The molecule has 3 nitrogen and oxygen atoms in total. The Hall–Kier alpha value is -1.22. The van der Waals surface area contributed by atoms with Crippen molar-refractivity contribution >= 4 is 5.69 Å². The molecule has 1 saturated heterocycles. The third-order valence-corrected chi connectivity index (χ3v) is 4.70. The van der Waals surface area contributed by atoms with E-state index in [0.717, 1.165) is 30.9 Å². The highest BCUT2D eigenvalue weighted by atomic mass is 16.5. The van der Waals surface area contributed by atoms with Crippen LogP contribution in [0, 0.1) is 0 Å². The molecule has 0 bridgehead atoms. The highest BCUT2D eigenvalue weighted by molar-refractivity contribution is 5.49. The van der Waals surface area contributed by atoms with Crippen molar-refractivity contribution in [3.63, 3.8) is 0 Å². The van der Waals surface area contributed by atoms with Gasteiger partial charge in [0.25, 0.3) is 0 Å². The van der Waals surface area contributed by atoms with E-state index in [1.54, 1.807) is 7.11 Å². The Balaban J connectivity index is 1.64. The number of anilines is 1. The van der Waals surface area contributed by atoms with Crippen LogP contribution in [0.1, 0.15) is 44.9 Å². The van der Waals surface area contributed by atoms with E-state index >= 15 is 0 Å². The lowest BCUT2D eigenvalue weighted by Crippen LogP contribution is -2.45. The molecule has 1 atom stereocenters. The predicted molar refractivity (Wildman–Crippen MR) is 81.4 cm³/mol. The maximum Gasteiger partial charge on any atom is 0.120 e. The zero-order valence-corrected chi connectivity index (χ0v) is 12.4. The second kappa shape index (κ2) is 6.04. The SMILES string of the molecule is COc1cccc(NC2CCOC3(CCCCC3)C2)c1. The molecule has 3 rings (SSSR count). The zero-order chi connectivity index (χ0) is 13.8. The summed E-state index contributed by atoms with van der Waals surface area (Å²) in [6.45, 7) is 0.891. The van der Waals surface area contributed by atoms with E-state index < -0.39 is 0 Å². The maximum absolute atomic E-state index is 6.15. The number of benzene rings is 1. The van der Waals surface area contributed by atoms with Crippen molar-refractivity contribution in [3.8, 4) is 5.75 Å². The van der Waals surface area contributed by atoms with Gasteiger partial charge in [0.05, 0.1) is 12.7 Å². The monoisotopic (exact) mass is 275 g/mol. The molecule has 1 aliphatic carbocycles. The van der Waals surface area contributed by atoms with Crippen molar-refractivity contribution in [2.45, 2.75) is 56.6 Å². The van der Waals surface area contributed by atoms with E-state index in [2.05, 4.69) is 17.4 Å². The predicted octanol–water partition coefficient (Wildman–Crippen LogP) is 3.99. The third kappa shape index (κ3) is 3.09. The molecule has 20 heavy (non-hydrogen) atoms. The second-order valence-electron chi connectivity index (χ2n) is 6.16. The van der Waals surface area contributed by atoms with Crippen LogP contribution < -0.4 is 10.1 Å². The van der Waals surface area contributed by atoms with Crippen LogP contribution in [-0.4, -0.2) is 25.4 Å². The Bertz CT molecular complexity index is 435. The Morgan fingerprint density at radius 3 is 2.90 bits per heavy atom. The molecule has 1 saturated carbocycles. The highest BCUT2D eigenvalue weighted by Crippen LogP contribution is 2.39. The number of ether oxygens (including phenoxy) is 2. The fraction of sp³-hybridized carbons (Fsp3) is 0.647. The molecular formula is C17H25NO2. The largest absolute Gasteiger partial charge is 0.497 e. The molecule has 3 heteroatoms. The summed E-state index contributed by atoms with van der Waals surface area (Å²) in [5.41, 5.74) is 1.31. The average molecular weight is 275 g/mol. The summed E-state index contributed by atoms with van der Waals surface area (Å²) in [5.74, 6) is 0.912. The molecule has 0 radical (unpaired) electrons. The van der Waals surface area contributed by atoms with E-state index in [-0.39, 0.29) is 5.60 Å². The molecule has 1 N–H and O–H groups in total. The first-order chi connectivity index (χ1) is 9.80. The highest BCUT2D eigenvalue weighted by Gasteiger charge is 2.38. The van der Waals surface area contributed by atoms with Crippen LogP contribution in [0.25, 0.3) is 0 Å². The number of hydrogen-bond donors (Lipinski definition) is 1. The molecular weight excluding hydrogens is 250 g/mol. The molecule has 1 aromatic carbocycles. The lowest BCUT2D eigenvalue weighted by atomic mass is 9.78. The molecule has 1 aliphatic heterocycles. The zero-order valence-electron chi connectivity index (χ0n) is 12.4. The van der Waals surface area contributed by atoms with Crippen molar-refractivity contribution in [2.75, 3.05) is 19.0 Å². The number of methoxy groups -OCH3 is 1. The summed E-state index contributed by atoms with van der Waals surface area (Å²) in [6, 6.07) is 8.73. The average Bonchev–Trinajstić information content (AvgIpc) is 2.48. The van der Waals surface area contributed by atoms with E-state index in [0.29, 0.717) is 6.04 Å². The van der Waals surface area contributed by atoms with Crippen molar-refractivity contribution in [3.05, 3.63) is 24.3 Å². The molecule has 0 aromatic heterocycles. The molecule has 1 heterocycles. The lowest BCUT2D eigenvalue weighted by molar-refractivity contribution is -0.103. The van der Waals surface area contributed by atoms with Crippen LogP contribution in [0.3, 0.4) is 0 Å². The molecule has 110 valence electrons. The van der Waals surface area contributed by atoms with Crippen molar-refractivity contribution in [2.24, 2.45) is 0 Å². The van der Waals surface area contributed by atoms with Crippen LogP contribution >= 0.6 is 0 Å². The second-order valence-corrected chi connectivity index (χ2v) is 6.16. The van der Waals surface area contributed by atoms with Crippen LogP contribution in [0.2, 0.25) is 0 Å². The van der Waals surface area contributed by atoms with Crippen molar-refractivity contribution in [1.29, 1.82) is 0 Å². The number of nitrogens with one attached hydrogen (secondary N) is 1. The Labute approximate surface area is 121 Å². The van der Waals surface area contributed by atoms with Gasteiger partial charge in [-0.25, -0.2) is 0 Å². The van der Waals surface area contributed by atoms with Crippen molar-refractivity contribution in [1.82, 2.24) is 0 Å². The third-order valence-electron chi connectivity index (χ3n) is 4.70. The van der Waals surface area contributed by atoms with E-state index in [1.807, 2.05) is 12.1 Å². The minimum Gasteiger partial charge on any atom is -0.497 e. The number of rotatable bonds is 3. The van der Waals surface area contributed by atoms with Gasteiger partial charge in [0.15, 0.2) is 0 Å².